The van der Waals surface area contributed by atoms with Crippen LogP contribution in [0.15, 0.2) is 60.3 Å². The number of thiophene rings is 1. The first-order valence-corrected chi connectivity index (χ1v) is 15.4. The van der Waals surface area contributed by atoms with E-state index in [1.54, 1.807) is 58.0 Å². The molecule has 5 heterocycles. The van der Waals surface area contributed by atoms with Crippen molar-refractivity contribution in [3.8, 4) is 17.3 Å². The van der Waals surface area contributed by atoms with Crippen molar-refractivity contribution in [3.63, 3.8) is 0 Å². The fourth-order valence-electron chi connectivity index (χ4n) is 4.95. The Bertz CT molecular complexity index is 1790. The molecule has 44 heavy (non-hydrogen) atoms. The summed E-state index contributed by atoms with van der Waals surface area (Å²) in [5, 5.41) is 11.4. The molecule has 10 nitrogen and oxygen atoms in total. The first kappa shape index (κ1) is 31.6. The standard InChI is InChI=1S/C30H31F2IN6O4S/c1-17-14-38(29(40)42-30(3,4)5)15-20-13-23(36-39(17)20)26-25(27-21(9-12-44-27)28(35-26)43-33)24(22(32)7-10-31)18(2)41-16-19-8-11-34-37(19)6/h7-13,17H,2,14-16H2,1,3-6H3/b10-7+,24-22?. The number of carbonyl (C=O) groups excluding carboxylic acids is 1. The summed E-state index contributed by atoms with van der Waals surface area (Å²) in [6.07, 6.45) is 2.02. The lowest BCUT2D eigenvalue weighted by Gasteiger charge is -2.33. The summed E-state index contributed by atoms with van der Waals surface area (Å²) in [7, 11) is 1.76. The van der Waals surface area contributed by atoms with Crippen LogP contribution in [0.4, 0.5) is 13.6 Å². The molecular weight excluding hydrogens is 705 g/mol. The Labute approximate surface area is 271 Å². The van der Waals surface area contributed by atoms with Gasteiger partial charge in [0.2, 0.25) is 5.88 Å². The summed E-state index contributed by atoms with van der Waals surface area (Å²) in [6.45, 7) is 12.1. The molecular formula is C30H31F2IN6O4S. The lowest BCUT2D eigenvalue weighted by atomic mass is 9.98. The molecule has 5 rings (SSSR count). The molecule has 0 fully saturated rings. The highest BCUT2D eigenvalue weighted by Gasteiger charge is 2.32. The minimum absolute atomic E-state index is 0.0314. The van der Waals surface area contributed by atoms with Gasteiger partial charge in [-0.05, 0) is 51.3 Å². The Morgan fingerprint density at radius 3 is 2.75 bits per heavy atom. The molecule has 0 bridgehead atoms. The maximum Gasteiger partial charge on any atom is 0.410 e. The molecule has 14 heteroatoms. The van der Waals surface area contributed by atoms with Gasteiger partial charge >= 0.3 is 6.09 Å². The summed E-state index contributed by atoms with van der Waals surface area (Å²) < 4.78 is 50.5. The number of hydrogen-bond donors (Lipinski definition) is 0. The van der Waals surface area contributed by atoms with Gasteiger partial charge in [0, 0.05) is 31.4 Å². The van der Waals surface area contributed by atoms with Gasteiger partial charge in [-0.25, -0.2) is 18.6 Å². The van der Waals surface area contributed by atoms with Crippen LogP contribution in [0.1, 0.15) is 50.7 Å². The molecule has 0 saturated heterocycles. The minimum Gasteiger partial charge on any atom is -0.487 e. The molecule has 4 aromatic heterocycles. The van der Waals surface area contributed by atoms with Crippen molar-refractivity contribution in [2.45, 2.75) is 52.5 Å². The van der Waals surface area contributed by atoms with E-state index in [9.17, 15) is 9.18 Å². The summed E-state index contributed by atoms with van der Waals surface area (Å²) in [4.78, 5) is 19.3. The molecule has 0 radical (unpaired) electrons. The second-order valence-corrected chi connectivity index (χ2v) is 12.6. The average Bonchev–Trinajstić information content (AvgIpc) is 3.71. The van der Waals surface area contributed by atoms with E-state index in [2.05, 4.69) is 11.7 Å². The van der Waals surface area contributed by atoms with Crippen molar-refractivity contribution in [1.82, 2.24) is 29.4 Å². The van der Waals surface area contributed by atoms with E-state index in [0.29, 0.717) is 39.8 Å². The van der Waals surface area contributed by atoms with Gasteiger partial charge in [0.15, 0.2) is 23.0 Å². The quantitative estimate of drug-likeness (QED) is 0.103. The second kappa shape index (κ2) is 12.7. The van der Waals surface area contributed by atoms with E-state index in [-0.39, 0.29) is 42.5 Å². The van der Waals surface area contributed by atoms with Gasteiger partial charge in [-0.1, -0.05) is 6.58 Å². The number of allylic oxidation sites excluding steroid dienone is 3. The van der Waals surface area contributed by atoms with Crippen molar-refractivity contribution in [1.29, 1.82) is 0 Å². The normalized spacial score (nSPS) is 15.8. The van der Waals surface area contributed by atoms with Gasteiger partial charge in [-0.2, -0.15) is 10.2 Å². The summed E-state index contributed by atoms with van der Waals surface area (Å²) >= 11 is 3.09. The second-order valence-electron chi connectivity index (χ2n) is 11.2. The summed E-state index contributed by atoms with van der Waals surface area (Å²) in [5.41, 5.74) is 1.76. The van der Waals surface area contributed by atoms with Gasteiger partial charge in [-0.3, -0.25) is 9.36 Å². The van der Waals surface area contributed by atoms with Crippen LogP contribution in [0, 0.1) is 0 Å². The molecule has 1 unspecified atom stereocenters. The lowest BCUT2D eigenvalue weighted by molar-refractivity contribution is 0.0167. The Balaban J connectivity index is 1.64. The van der Waals surface area contributed by atoms with Crippen LogP contribution in [-0.2, 0) is 29.7 Å². The maximum atomic E-state index is 15.9. The molecule has 1 aliphatic heterocycles. The zero-order valence-corrected chi connectivity index (χ0v) is 27.8. The zero-order chi connectivity index (χ0) is 31.8. The van der Waals surface area contributed by atoms with Gasteiger partial charge in [0.25, 0.3) is 0 Å². The molecule has 0 aromatic carbocycles. The van der Waals surface area contributed by atoms with Crippen LogP contribution < -0.4 is 3.07 Å². The Morgan fingerprint density at radius 2 is 2.09 bits per heavy atom. The SMILES string of the molecule is C=C(OCc1ccnn1C)C(=C(F)/C=C/F)c1c(-c2cc3n(n2)C(C)CN(C(=O)OC(C)(C)C)C3)nc(OI)c2ccsc12. The van der Waals surface area contributed by atoms with Crippen molar-refractivity contribution in [2.75, 3.05) is 6.54 Å². The van der Waals surface area contributed by atoms with E-state index in [0.717, 1.165) is 11.4 Å². The number of amides is 1. The number of ether oxygens (including phenoxy) is 2. The fraction of sp³-hybridized carbons (Fsp3) is 0.333. The molecule has 0 N–H and O–H groups in total. The van der Waals surface area contributed by atoms with Crippen LogP contribution in [0.2, 0.25) is 0 Å². The van der Waals surface area contributed by atoms with Crippen LogP contribution in [0.5, 0.6) is 5.88 Å². The molecule has 232 valence electrons. The topological polar surface area (TPSA) is 96.5 Å². The van der Waals surface area contributed by atoms with Crippen molar-refractivity contribution in [2.24, 2.45) is 7.05 Å². The highest BCUT2D eigenvalue weighted by molar-refractivity contribution is 14.1. The van der Waals surface area contributed by atoms with Crippen molar-refractivity contribution >= 4 is 56.1 Å². The Hall–Kier alpha value is -3.79. The zero-order valence-electron chi connectivity index (χ0n) is 24.8. The third-order valence-electron chi connectivity index (χ3n) is 6.90. The number of carbonyl (C=O) groups is 1. The first-order chi connectivity index (χ1) is 20.9. The number of aryl methyl sites for hydroxylation is 1. The smallest absolute Gasteiger partial charge is 0.410 e. The van der Waals surface area contributed by atoms with E-state index in [1.165, 1.54) is 11.3 Å². The first-order valence-electron chi connectivity index (χ1n) is 13.6. The van der Waals surface area contributed by atoms with Gasteiger partial charge < -0.3 is 17.4 Å². The van der Waals surface area contributed by atoms with E-state index < -0.39 is 17.5 Å². The number of hydrogen-bond acceptors (Lipinski definition) is 8. The molecule has 1 atom stereocenters. The average molecular weight is 737 g/mol. The monoisotopic (exact) mass is 736 g/mol. The fourth-order valence-corrected chi connectivity index (χ4v) is 6.22. The van der Waals surface area contributed by atoms with Gasteiger partial charge in [0.1, 0.15) is 35.2 Å². The maximum absolute atomic E-state index is 15.9. The molecule has 0 saturated carbocycles. The predicted molar refractivity (Wildman–Crippen MR) is 172 cm³/mol. The minimum atomic E-state index is -0.906. The Kier molecular flexibility index (Phi) is 9.11. The molecule has 1 aliphatic rings. The van der Waals surface area contributed by atoms with Crippen LogP contribution in [-0.4, -0.2) is 47.7 Å². The van der Waals surface area contributed by atoms with Crippen LogP contribution in [0.3, 0.4) is 0 Å². The number of pyridine rings is 1. The van der Waals surface area contributed by atoms with Crippen molar-refractivity contribution in [3.05, 3.63) is 77.3 Å². The number of aromatic nitrogens is 5. The van der Waals surface area contributed by atoms with Gasteiger partial charge in [-0.15, -0.1) is 11.3 Å². The third-order valence-corrected chi connectivity index (χ3v) is 8.25. The van der Waals surface area contributed by atoms with Crippen LogP contribution >= 0.6 is 34.3 Å². The van der Waals surface area contributed by atoms with Crippen molar-refractivity contribution < 1.29 is 26.1 Å². The largest absolute Gasteiger partial charge is 0.487 e. The molecule has 0 aliphatic carbocycles. The highest BCUT2D eigenvalue weighted by atomic mass is 127. The Morgan fingerprint density at radius 1 is 1.32 bits per heavy atom. The molecule has 0 spiro atoms. The number of halogens is 3. The molecule has 4 aromatic rings. The van der Waals surface area contributed by atoms with E-state index in [1.807, 2.05) is 43.8 Å². The number of nitrogens with zero attached hydrogens (tertiary/aromatic N) is 6. The summed E-state index contributed by atoms with van der Waals surface area (Å²) in [6, 6.07) is 5.19. The highest BCUT2D eigenvalue weighted by Crippen LogP contribution is 2.44. The van der Waals surface area contributed by atoms with Gasteiger partial charge in [0.05, 0.1) is 46.0 Å². The van der Waals surface area contributed by atoms with E-state index in [4.69, 9.17) is 22.6 Å². The number of fused-ring (bicyclic) bond motifs is 2. The third kappa shape index (κ3) is 6.36. The van der Waals surface area contributed by atoms with E-state index >= 15 is 4.39 Å². The lowest BCUT2D eigenvalue weighted by Crippen LogP contribution is -2.43. The van der Waals surface area contributed by atoms with Crippen LogP contribution in [0.25, 0.3) is 27.0 Å². The summed E-state index contributed by atoms with van der Waals surface area (Å²) in [5.74, 6) is -0.634. The predicted octanol–water partition coefficient (Wildman–Crippen LogP) is 7.83. The molecule has 1 amide bonds. The number of rotatable bonds is 8.